The summed E-state index contributed by atoms with van der Waals surface area (Å²) in [6, 6.07) is 20.5. The standard InChI is InChI=1S/C23H21NO3.CH3NO/c1-27-23-14-18(10-12-22(23)26)8-7-17-9-11-21(25)20(13-17)16-24-15-19-5-3-2-4-6-19;1-2-3/h2-14,16,25-26H,15H2,1H3;3H,1H2. The average Bonchev–Trinajstić information content (AvgIpc) is 2.76. The van der Waals surface area contributed by atoms with E-state index >= 15 is 0 Å². The highest BCUT2D eigenvalue weighted by Gasteiger charge is 2.02. The first kappa shape index (κ1) is 22.2. The molecule has 0 bridgehead atoms. The SMILES string of the molecule is C=NO.COc1cc(C=Cc2ccc(O)c(C=NCc3ccccc3)c2)ccc1O. The number of rotatable bonds is 6. The molecule has 0 unspecified atom stereocenters. The van der Waals surface area contributed by atoms with Crippen LogP contribution in [0.1, 0.15) is 22.3 Å². The van der Waals surface area contributed by atoms with Crippen LogP contribution in [-0.2, 0) is 6.54 Å². The number of ether oxygens (including phenoxy) is 1. The molecule has 3 rings (SSSR count). The van der Waals surface area contributed by atoms with Gasteiger partial charge in [0, 0.05) is 18.5 Å². The minimum atomic E-state index is 0.108. The molecule has 6 nitrogen and oxygen atoms in total. The molecule has 0 heterocycles. The number of aromatic hydroxyl groups is 2. The molecule has 0 atom stereocenters. The van der Waals surface area contributed by atoms with Gasteiger partial charge >= 0.3 is 0 Å². The summed E-state index contributed by atoms with van der Waals surface area (Å²) in [7, 11) is 1.52. The van der Waals surface area contributed by atoms with Crippen molar-refractivity contribution < 1.29 is 20.2 Å². The normalized spacial score (nSPS) is 10.6. The Morgan fingerprint density at radius 2 is 1.50 bits per heavy atom. The summed E-state index contributed by atoms with van der Waals surface area (Å²) in [6.45, 7) is 3.23. The fourth-order valence-electron chi connectivity index (χ4n) is 2.60. The molecule has 0 fully saturated rings. The van der Waals surface area contributed by atoms with Gasteiger partial charge in [0.2, 0.25) is 0 Å². The Bertz CT molecular complexity index is 1010. The van der Waals surface area contributed by atoms with E-state index in [1.165, 1.54) is 7.11 Å². The van der Waals surface area contributed by atoms with E-state index in [0.717, 1.165) is 16.7 Å². The third kappa shape index (κ3) is 6.83. The second-order valence-corrected chi connectivity index (χ2v) is 6.18. The van der Waals surface area contributed by atoms with Gasteiger partial charge in [0.25, 0.3) is 0 Å². The van der Waals surface area contributed by atoms with Crippen molar-refractivity contribution >= 4 is 25.1 Å². The fourth-order valence-corrected chi connectivity index (χ4v) is 2.60. The predicted molar refractivity (Wildman–Crippen MR) is 121 cm³/mol. The molecule has 0 aliphatic rings. The van der Waals surface area contributed by atoms with Crippen LogP contribution in [0.5, 0.6) is 17.2 Å². The smallest absolute Gasteiger partial charge is 0.161 e. The first-order valence-electron chi connectivity index (χ1n) is 9.09. The quantitative estimate of drug-likeness (QED) is 0.234. The molecule has 30 heavy (non-hydrogen) atoms. The Hall–Kier alpha value is -4.06. The van der Waals surface area contributed by atoms with E-state index in [9.17, 15) is 10.2 Å². The molecule has 0 radical (unpaired) electrons. The van der Waals surface area contributed by atoms with Crippen LogP contribution >= 0.6 is 0 Å². The summed E-state index contributed by atoms with van der Waals surface area (Å²) in [5.74, 6) is 0.725. The second kappa shape index (κ2) is 11.7. The Balaban J connectivity index is 0.00000101. The number of methoxy groups -OCH3 is 1. The third-order valence-corrected chi connectivity index (χ3v) is 4.07. The van der Waals surface area contributed by atoms with Crippen molar-refractivity contribution in [3.05, 3.63) is 89.0 Å². The Kier molecular flexibility index (Phi) is 8.68. The van der Waals surface area contributed by atoms with Crippen LogP contribution < -0.4 is 4.74 Å². The summed E-state index contributed by atoms with van der Waals surface area (Å²) >= 11 is 0. The summed E-state index contributed by atoms with van der Waals surface area (Å²) < 4.78 is 5.12. The van der Waals surface area contributed by atoms with Crippen molar-refractivity contribution in [2.45, 2.75) is 6.54 Å². The average molecular weight is 404 g/mol. The van der Waals surface area contributed by atoms with Gasteiger partial charge in [-0.15, -0.1) is 5.16 Å². The third-order valence-electron chi connectivity index (χ3n) is 4.07. The van der Waals surface area contributed by atoms with Crippen LogP contribution in [0.2, 0.25) is 0 Å². The zero-order valence-corrected chi connectivity index (χ0v) is 16.6. The van der Waals surface area contributed by atoms with Gasteiger partial charge in [-0.1, -0.05) is 54.6 Å². The lowest BCUT2D eigenvalue weighted by molar-refractivity contribution is 0.323. The van der Waals surface area contributed by atoms with Crippen molar-refractivity contribution in [3.63, 3.8) is 0 Å². The zero-order chi connectivity index (χ0) is 21.8. The van der Waals surface area contributed by atoms with Gasteiger partial charge in [-0.25, -0.2) is 0 Å². The van der Waals surface area contributed by atoms with E-state index < -0.39 is 0 Å². The van der Waals surface area contributed by atoms with Crippen molar-refractivity contribution in [3.8, 4) is 17.2 Å². The number of phenolic OH excluding ortho intramolecular Hbond substituents is 2. The Labute approximate surface area is 175 Å². The summed E-state index contributed by atoms with van der Waals surface area (Å²) in [5.41, 5.74) is 3.61. The summed E-state index contributed by atoms with van der Waals surface area (Å²) in [5, 5.41) is 29.1. The van der Waals surface area contributed by atoms with E-state index in [2.05, 4.69) is 16.9 Å². The second-order valence-electron chi connectivity index (χ2n) is 6.18. The minimum Gasteiger partial charge on any atom is -0.507 e. The molecule has 0 spiro atoms. The molecule has 154 valence electrons. The number of hydrogen-bond donors (Lipinski definition) is 3. The highest BCUT2D eigenvalue weighted by atomic mass is 16.5. The van der Waals surface area contributed by atoms with E-state index in [1.807, 2.05) is 54.6 Å². The maximum Gasteiger partial charge on any atom is 0.161 e. The summed E-state index contributed by atoms with van der Waals surface area (Å²) in [4.78, 5) is 4.41. The van der Waals surface area contributed by atoms with E-state index in [0.29, 0.717) is 17.9 Å². The van der Waals surface area contributed by atoms with Crippen LogP contribution in [0.4, 0.5) is 0 Å². The highest BCUT2D eigenvalue weighted by Crippen LogP contribution is 2.27. The maximum atomic E-state index is 10.1. The lowest BCUT2D eigenvalue weighted by Crippen LogP contribution is -1.87. The zero-order valence-electron chi connectivity index (χ0n) is 16.6. The largest absolute Gasteiger partial charge is 0.507 e. The summed E-state index contributed by atoms with van der Waals surface area (Å²) in [6.07, 6.45) is 5.53. The molecule has 0 amide bonds. The van der Waals surface area contributed by atoms with E-state index in [-0.39, 0.29) is 11.5 Å². The predicted octanol–water partition coefficient (Wildman–Crippen LogP) is 4.97. The topological polar surface area (TPSA) is 94.6 Å². The molecule has 3 aromatic rings. The first-order chi connectivity index (χ1) is 14.6. The van der Waals surface area contributed by atoms with E-state index in [1.54, 1.807) is 30.5 Å². The van der Waals surface area contributed by atoms with Crippen LogP contribution in [0.3, 0.4) is 0 Å². The first-order valence-corrected chi connectivity index (χ1v) is 9.09. The number of aliphatic imine (C=N–C) groups is 1. The molecular weight excluding hydrogens is 380 g/mol. The molecule has 0 aliphatic heterocycles. The molecule has 0 saturated carbocycles. The lowest BCUT2D eigenvalue weighted by Gasteiger charge is -2.04. The number of benzene rings is 3. The van der Waals surface area contributed by atoms with Gasteiger partial charge in [0.1, 0.15) is 5.75 Å². The lowest BCUT2D eigenvalue weighted by atomic mass is 10.1. The van der Waals surface area contributed by atoms with Crippen molar-refractivity contribution in [1.82, 2.24) is 0 Å². The number of oxime groups is 1. The molecule has 0 aromatic heterocycles. The van der Waals surface area contributed by atoms with Gasteiger partial charge in [-0.2, -0.15) is 0 Å². The molecule has 6 heteroatoms. The molecule has 3 N–H and O–H groups in total. The van der Waals surface area contributed by atoms with E-state index in [4.69, 9.17) is 9.94 Å². The minimum absolute atomic E-state index is 0.108. The van der Waals surface area contributed by atoms with Gasteiger partial charge < -0.3 is 20.2 Å². The van der Waals surface area contributed by atoms with Gasteiger partial charge in [-0.05, 0) is 41.0 Å². The Morgan fingerprint density at radius 1 is 0.900 bits per heavy atom. The van der Waals surface area contributed by atoms with Crippen molar-refractivity contribution in [2.24, 2.45) is 10.1 Å². The van der Waals surface area contributed by atoms with Gasteiger partial charge in [0.15, 0.2) is 11.5 Å². The van der Waals surface area contributed by atoms with Crippen molar-refractivity contribution in [2.75, 3.05) is 7.11 Å². The number of nitrogens with zero attached hydrogens (tertiary/aromatic N) is 2. The number of hydrogen-bond acceptors (Lipinski definition) is 6. The maximum absolute atomic E-state index is 10.1. The molecule has 0 aliphatic carbocycles. The highest BCUT2D eigenvalue weighted by molar-refractivity contribution is 5.85. The van der Waals surface area contributed by atoms with Crippen LogP contribution in [-0.4, -0.2) is 35.5 Å². The van der Waals surface area contributed by atoms with Crippen LogP contribution in [0.15, 0.2) is 76.9 Å². The molecule has 0 saturated heterocycles. The molecule has 3 aromatic carbocycles. The van der Waals surface area contributed by atoms with Gasteiger partial charge in [0.05, 0.1) is 13.7 Å². The fraction of sp³-hybridized carbons (Fsp3) is 0.0833. The van der Waals surface area contributed by atoms with Crippen molar-refractivity contribution in [1.29, 1.82) is 0 Å². The Morgan fingerprint density at radius 3 is 2.13 bits per heavy atom. The monoisotopic (exact) mass is 404 g/mol. The van der Waals surface area contributed by atoms with Crippen LogP contribution in [0, 0.1) is 0 Å². The molecular formula is C24H24N2O4. The van der Waals surface area contributed by atoms with Gasteiger partial charge in [-0.3, -0.25) is 4.99 Å². The number of phenols is 2. The van der Waals surface area contributed by atoms with Crippen LogP contribution in [0.25, 0.3) is 12.2 Å².